The Balaban J connectivity index is 1.67. The lowest BCUT2D eigenvalue weighted by Gasteiger charge is -2.26. The van der Waals surface area contributed by atoms with Crippen molar-refractivity contribution in [2.24, 2.45) is 23.9 Å². The van der Waals surface area contributed by atoms with Gasteiger partial charge >= 0.3 is 0 Å². The molecule has 1 fully saturated rings. The zero-order valence-corrected chi connectivity index (χ0v) is 13.6. The lowest BCUT2D eigenvalue weighted by Crippen LogP contribution is -2.38. The molecule has 118 valence electrons. The summed E-state index contributed by atoms with van der Waals surface area (Å²) in [5.41, 5.74) is 1.15. The van der Waals surface area contributed by atoms with Crippen LogP contribution in [-0.4, -0.2) is 29.3 Å². The Morgan fingerprint density at radius 1 is 1.43 bits per heavy atom. The Kier molecular flexibility index (Phi) is 6.08. The van der Waals surface area contributed by atoms with Gasteiger partial charge in [-0.2, -0.15) is 5.10 Å². The van der Waals surface area contributed by atoms with Gasteiger partial charge in [-0.25, -0.2) is 0 Å². The number of nitrogens with zero attached hydrogens (tertiary/aromatic N) is 3. The van der Waals surface area contributed by atoms with Gasteiger partial charge in [-0.15, -0.1) is 0 Å². The van der Waals surface area contributed by atoms with Crippen LogP contribution in [0.2, 0.25) is 0 Å². The van der Waals surface area contributed by atoms with Crippen LogP contribution < -0.4 is 10.6 Å². The molecule has 21 heavy (non-hydrogen) atoms. The van der Waals surface area contributed by atoms with Crippen molar-refractivity contribution in [1.29, 1.82) is 0 Å². The average molecular weight is 291 g/mol. The predicted octanol–water partition coefficient (Wildman–Crippen LogP) is 2.30. The van der Waals surface area contributed by atoms with Gasteiger partial charge in [0.2, 0.25) is 0 Å². The molecule has 5 nitrogen and oxygen atoms in total. The maximum Gasteiger partial charge on any atom is 0.191 e. The topological polar surface area (TPSA) is 54.2 Å². The number of hydrogen-bond donors (Lipinski definition) is 2. The summed E-state index contributed by atoms with van der Waals surface area (Å²) in [5.74, 6) is 2.67. The molecule has 1 heterocycles. The first-order valence-electron chi connectivity index (χ1n) is 8.10. The van der Waals surface area contributed by atoms with Gasteiger partial charge in [0, 0.05) is 26.8 Å². The summed E-state index contributed by atoms with van der Waals surface area (Å²) in [5, 5.41) is 10.9. The van der Waals surface area contributed by atoms with E-state index in [4.69, 9.17) is 0 Å². The van der Waals surface area contributed by atoms with E-state index in [1.165, 1.54) is 32.1 Å². The summed E-state index contributed by atoms with van der Waals surface area (Å²) in [4.78, 5) is 4.28. The van der Waals surface area contributed by atoms with Gasteiger partial charge < -0.3 is 10.6 Å². The molecule has 2 atom stereocenters. The Morgan fingerprint density at radius 2 is 2.29 bits per heavy atom. The fourth-order valence-electron chi connectivity index (χ4n) is 3.19. The van der Waals surface area contributed by atoms with E-state index >= 15 is 0 Å². The molecule has 5 heteroatoms. The molecule has 0 amide bonds. The van der Waals surface area contributed by atoms with Crippen molar-refractivity contribution < 1.29 is 0 Å². The minimum absolute atomic E-state index is 0.747. The average Bonchev–Trinajstić information content (AvgIpc) is 2.88. The summed E-state index contributed by atoms with van der Waals surface area (Å²) in [6, 6.07) is 2.02. The number of rotatable bonds is 5. The third kappa shape index (κ3) is 5.06. The van der Waals surface area contributed by atoms with E-state index in [1.807, 2.05) is 31.0 Å². The van der Waals surface area contributed by atoms with Crippen LogP contribution in [0.1, 0.15) is 44.7 Å². The Labute approximate surface area is 128 Å². The molecule has 0 spiro atoms. The summed E-state index contributed by atoms with van der Waals surface area (Å²) < 4.78 is 1.88. The number of aromatic nitrogens is 2. The molecule has 2 N–H and O–H groups in total. The Hall–Kier alpha value is -1.52. The normalized spacial score (nSPS) is 23.1. The van der Waals surface area contributed by atoms with Crippen molar-refractivity contribution in [2.75, 3.05) is 13.6 Å². The maximum absolute atomic E-state index is 4.28. The van der Waals surface area contributed by atoms with Crippen molar-refractivity contribution in [2.45, 2.75) is 45.6 Å². The van der Waals surface area contributed by atoms with E-state index in [1.54, 1.807) is 0 Å². The van der Waals surface area contributed by atoms with E-state index in [0.29, 0.717) is 0 Å². The molecule has 0 radical (unpaired) electrons. The quantitative estimate of drug-likeness (QED) is 0.646. The highest BCUT2D eigenvalue weighted by Crippen LogP contribution is 2.30. The van der Waals surface area contributed by atoms with Gasteiger partial charge in [-0.05, 0) is 30.7 Å². The summed E-state index contributed by atoms with van der Waals surface area (Å²) in [6.45, 7) is 4.13. The Bertz CT molecular complexity index is 451. The Morgan fingerprint density at radius 3 is 2.95 bits per heavy atom. The van der Waals surface area contributed by atoms with E-state index in [9.17, 15) is 0 Å². The number of guanidine groups is 1. The molecule has 2 rings (SSSR count). The van der Waals surface area contributed by atoms with Crippen LogP contribution in [0.3, 0.4) is 0 Å². The van der Waals surface area contributed by atoms with Crippen LogP contribution in [0.4, 0.5) is 0 Å². The standard InChI is InChI=1S/C16H29N5/c1-13-5-4-6-14(11-13)7-9-18-16(17-2)19-12-15-8-10-20-21(15)3/h8,10,13-14H,4-7,9,11-12H2,1-3H3,(H2,17,18,19). The van der Waals surface area contributed by atoms with E-state index < -0.39 is 0 Å². The van der Waals surface area contributed by atoms with Gasteiger partial charge in [0.25, 0.3) is 0 Å². The van der Waals surface area contributed by atoms with Crippen molar-refractivity contribution in [1.82, 2.24) is 20.4 Å². The van der Waals surface area contributed by atoms with E-state index in [-0.39, 0.29) is 0 Å². The van der Waals surface area contributed by atoms with E-state index in [2.05, 4.69) is 27.6 Å². The molecule has 0 aromatic carbocycles. The summed E-state index contributed by atoms with van der Waals surface area (Å²) in [7, 11) is 3.78. The van der Waals surface area contributed by atoms with Crippen LogP contribution in [0.5, 0.6) is 0 Å². The first-order chi connectivity index (χ1) is 10.2. The minimum atomic E-state index is 0.747. The number of aryl methyl sites for hydroxylation is 1. The molecule has 1 aromatic heterocycles. The zero-order valence-electron chi connectivity index (χ0n) is 13.6. The fourth-order valence-corrected chi connectivity index (χ4v) is 3.19. The van der Waals surface area contributed by atoms with Crippen LogP contribution in [-0.2, 0) is 13.6 Å². The van der Waals surface area contributed by atoms with Gasteiger partial charge in [-0.3, -0.25) is 9.67 Å². The molecule has 0 bridgehead atoms. The van der Waals surface area contributed by atoms with Gasteiger partial charge in [0.05, 0.1) is 12.2 Å². The highest BCUT2D eigenvalue weighted by atomic mass is 15.3. The number of aliphatic imine (C=N–C) groups is 1. The molecule has 1 saturated carbocycles. The van der Waals surface area contributed by atoms with Crippen LogP contribution >= 0.6 is 0 Å². The summed E-state index contributed by atoms with van der Waals surface area (Å²) >= 11 is 0. The molecule has 2 unspecified atom stereocenters. The summed E-state index contributed by atoms with van der Waals surface area (Å²) in [6.07, 6.45) is 8.67. The van der Waals surface area contributed by atoms with E-state index in [0.717, 1.165) is 36.6 Å². The first kappa shape index (κ1) is 15.9. The fraction of sp³-hybridized carbons (Fsp3) is 0.750. The smallest absolute Gasteiger partial charge is 0.191 e. The molecule has 1 aliphatic carbocycles. The molecule has 1 aromatic rings. The van der Waals surface area contributed by atoms with Crippen molar-refractivity contribution >= 4 is 5.96 Å². The van der Waals surface area contributed by atoms with Crippen LogP contribution in [0.25, 0.3) is 0 Å². The lowest BCUT2D eigenvalue weighted by atomic mass is 9.81. The van der Waals surface area contributed by atoms with Crippen molar-refractivity contribution in [3.8, 4) is 0 Å². The van der Waals surface area contributed by atoms with Gasteiger partial charge in [0.1, 0.15) is 0 Å². The number of nitrogens with one attached hydrogen (secondary N) is 2. The molecule has 1 aliphatic rings. The molecular weight excluding hydrogens is 262 g/mol. The second-order valence-corrected chi connectivity index (χ2v) is 6.23. The highest BCUT2D eigenvalue weighted by Gasteiger charge is 2.18. The predicted molar refractivity (Wildman–Crippen MR) is 87.1 cm³/mol. The third-order valence-electron chi connectivity index (χ3n) is 4.47. The van der Waals surface area contributed by atoms with Crippen molar-refractivity contribution in [3.63, 3.8) is 0 Å². The van der Waals surface area contributed by atoms with Gasteiger partial charge in [0.15, 0.2) is 5.96 Å². The molecule has 0 saturated heterocycles. The van der Waals surface area contributed by atoms with Crippen LogP contribution in [0, 0.1) is 11.8 Å². The lowest BCUT2D eigenvalue weighted by molar-refractivity contribution is 0.270. The van der Waals surface area contributed by atoms with Crippen LogP contribution in [0.15, 0.2) is 17.3 Å². The molecular formula is C16H29N5. The second kappa shape index (κ2) is 8.05. The SMILES string of the molecule is CN=C(NCCC1CCCC(C)C1)NCc1ccnn1C. The second-order valence-electron chi connectivity index (χ2n) is 6.23. The minimum Gasteiger partial charge on any atom is -0.356 e. The third-order valence-corrected chi connectivity index (χ3v) is 4.47. The number of hydrogen-bond acceptors (Lipinski definition) is 2. The van der Waals surface area contributed by atoms with Crippen molar-refractivity contribution in [3.05, 3.63) is 18.0 Å². The highest BCUT2D eigenvalue weighted by molar-refractivity contribution is 5.79. The largest absolute Gasteiger partial charge is 0.356 e. The monoisotopic (exact) mass is 291 g/mol. The van der Waals surface area contributed by atoms with Gasteiger partial charge in [-0.1, -0.05) is 26.2 Å². The molecule has 0 aliphatic heterocycles. The maximum atomic E-state index is 4.28. The first-order valence-corrected chi connectivity index (χ1v) is 8.10. The zero-order chi connectivity index (χ0) is 15.1.